The zero-order chi connectivity index (χ0) is 13.0. The Kier molecular flexibility index (Phi) is 4.59. The third kappa shape index (κ3) is 3.45. The second kappa shape index (κ2) is 6.19. The first kappa shape index (κ1) is 13.3. The summed E-state index contributed by atoms with van der Waals surface area (Å²) in [6.07, 6.45) is 6.63. The molecule has 0 spiro atoms. The van der Waals surface area contributed by atoms with Crippen molar-refractivity contribution >= 4 is 22.9 Å². The minimum Gasteiger partial charge on any atom is -0.389 e. The van der Waals surface area contributed by atoms with Gasteiger partial charge in [-0.2, -0.15) is 0 Å². The zero-order valence-electron chi connectivity index (χ0n) is 11.0. The van der Waals surface area contributed by atoms with Gasteiger partial charge in [-0.15, -0.1) is 0 Å². The van der Waals surface area contributed by atoms with E-state index in [-0.39, 0.29) is 0 Å². The highest BCUT2D eigenvalue weighted by Gasteiger charge is 2.20. The molecule has 2 nitrogen and oxygen atoms in total. The Morgan fingerprint density at radius 2 is 2.06 bits per heavy atom. The summed E-state index contributed by atoms with van der Waals surface area (Å²) in [6, 6.07) is 8.75. The molecule has 2 unspecified atom stereocenters. The van der Waals surface area contributed by atoms with E-state index in [1.54, 1.807) is 0 Å². The van der Waals surface area contributed by atoms with Crippen LogP contribution in [0.5, 0.6) is 0 Å². The van der Waals surface area contributed by atoms with Crippen molar-refractivity contribution < 1.29 is 0 Å². The van der Waals surface area contributed by atoms with Crippen molar-refractivity contribution in [2.45, 2.75) is 45.1 Å². The van der Waals surface area contributed by atoms with Crippen LogP contribution in [0.1, 0.15) is 44.6 Å². The predicted octanol–water partition coefficient (Wildman–Crippen LogP) is 3.70. The quantitative estimate of drug-likeness (QED) is 0.813. The van der Waals surface area contributed by atoms with Crippen molar-refractivity contribution in [1.82, 2.24) is 0 Å². The lowest BCUT2D eigenvalue weighted by atomic mass is 9.84. The van der Waals surface area contributed by atoms with E-state index in [0.29, 0.717) is 11.0 Å². The van der Waals surface area contributed by atoms with E-state index in [1.165, 1.54) is 37.8 Å². The monoisotopic (exact) mass is 262 g/mol. The lowest BCUT2D eigenvalue weighted by Crippen LogP contribution is -2.27. The van der Waals surface area contributed by atoms with Gasteiger partial charge in [-0.05, 0) is 43.0 Å². The maximum Gasteiger partial charge on any atom is 0.103 e. The van der Waals surface area contributed by atoms with Gasteiger partial charge in [0.1, 0.15) is 4.99 Å². The molecule has 0 heterocycles. The third-order valence-electron chi connectivity index (χ3n) is 3.90. The van der Waals surface area contributed by atoms with Crippen LogP contribution in [0.25, 0.3) is 0 Å². The van der Waals surface area contributed by atoms with Crippen LogP contribution in [0, 0.1) is 5.92 Å². The van der Waals surface area contributed by atoms with Crippen molar-refractivity contribution in [2.75, 3.05) is 5.32 Å². The van der Waals surface area contributed by atoms with Crippen LogP contribution in [0.2, 0.25) is 0 Å². The Bertz CT molecular complexity index is 399. The molecule has 1 fully saturated rings. The maximum atomic E-state index is 5.60. The summed E-state index contributed by atoms with van der Waals surface area (Å²) in [5.74, 6) is 0.896. The molecule has 0 amide bonds. The molecule has 3 heteroatoms. The zero-order valence-corrected chi connectivity index (χ0v) is 11.8. The highest BCUT2D eigenvalue weighted by Crippen LogP contribution is 2.28. The molecule has 0 aliphatic heterocycles. The second-order valence-corrected chi connectivity index (χ2v) is 5.66. The number of nitrogens with one attached hydrogen (secondary N) is 1. The van der Waals surface area contributed by atoms with Crippen LogP contribution in [0.15, 0.2) is 24.3 Å². The molecule has 2 rings (SSSR count). The minimum atomic E-state index is 0.463. The Morgan fingerprint density at radius 3 is 2.67 bits per heavy atom. The molecule has 18 heavy (non-hydrogen) atoms. The molecule has 1 aliphatic carbocycles. The summed E-state index contributed by atoms with van der Waals surface area (Å²) >= 11 is 4.96. The molecule has 1 aromatic carbocycles. The number of rotatable bonds is 4. The average Bonchev–Trinajstić information content (AvgIpc) is 2.39. The predicted molar refractivity (Wildman–Crippen MR) is 82.0 cm³/mol. The Balaban J connectivity index is 1.94. The van der Waals surface area contributed by atoms with Gasteiger partial charge in [0, 0.05) is 17.3 Å². The van der Waals surface area contributed by atoms with Gasteiger partial charge >= 0.3 is 0 Å². The highest BCUT2D eigenvalue weighted by atomic mass is 32.1. The molecule has 98 valence electrons. The van der Waals surface area contributed by atoms with E-state index in [4.69, 9.17) is 18.0 Å². The smallest absolute Gasteiger partial charge is 0.103 e. The molecule has 1 aromatic rings. The van der Waals surface area contributed by atoms with Crippen LogP contribution in [-0.2, 0) is 0 Å². The fourth-order valence-electron chi connectivity index (χ4n) is 2.76. The molecule has 0 aromatic heterocycles. The summed E-state index contributed by atoms with van der Waals surface area (Å²) < 4.78 is 0. The van der Waals surface area contributed by atoms with E-state index in [2.05, 4.69) is 24.4 Å². The standard InChI is InChI=1S/C15H22N2S/c1-2-11-4-3-5-14(10-11)17-13-8-6-12(7-9-13)15(16)18/h6-9,11,14,17H,2-5,10H2,1H3,(H2,16,18). The lowest BCUT2D eigenvalue weighted by molar-refractivity contribution is 0.327. The molecule has 1 aliphatic rings. The maximum absolute atomic E-state index is 5.60. The van der Waals surface area contributed by atoms with Gasteiger partial charge < -0.3 is 11.1 Å². The van der Waals surface area contributed by atoms with Gasteiger partial charge in [-0.3, -0.25) is 0 Å². The van der Waals surface area contributed by atoms with Crippen LogP contribution >= 0.6 is 12.2 Å². The Morgan fingerprint density at radius 1 is 1.33 bits per heavy atom. The van der Waals surface area contributed by atoms with E-state index < -0.39 is 0 Å². The van der Waals surface area contributed by atoms with E-state index in [1.807, 2.05) is 12.1 Å². The van der Waals surface area contributed by atoms with Crippen LogP contribution in [0.3, 0.4) is 0 Å². The van der Waals surface area contributed by atoms with E-state index in [9.17, 15) is 0 Å². The van der Waals surface area contributed by atoms with Crippen LogP contribution in [0.4, 0.5) is 5.69 Å². The van der Waals surface area contributed by atoms with Crippen LogP contribution < -0.4 is 11.1 Å². The van der Waals surface area contributed by atoms with Gasteiger partial charge in [-0.25, -0.2) is 0 Å². The summed E-state index contributed by atoms with van der Waals surface area (Å²) in [5, 5.41) is 3.63. The number of hydrogen-bond donors (Lipinski definition) is 2. The van der Waals surface area contributed by atoms with E-state index in [0.717, 1.165) is 11.5 Å². The molecule has 2 atom stereocenters. The van der Waals surface area contributed by atoms with Crippen molar-refractivity contribution in [2.24, 2.45) is 11.7 Å². The number of nitrogens with two attached hydrogens (primary N) is 1. The summed E-state index contributed by atoms with van der Waals surface area (Å²) in [7, 11) is 0. The van der Waals surface area contributed by atoms with Crippen molar-refractivity contribution in [3.05, 3.63) is 29.8 Å². The summed E-state index contributed by atoms with van der Waals surface area (Å²) in [6.45, 7) is 2.30. The fourth-order valence-corrected chi connectivity index (χ4v) is 2.90. The number of benzene rings is 1. The first-order chi connectivity index (χ1) is 8.69. The SMILES string of the molecule is CCC1CCCC(Nc2ccc(C(N)=S)cc2)C1. The van der Waals surface area contributed by atoms with Crippen molar-refractivity contribution in [1.29, 1.82) is 0 Å². The highest BCUT2D eigenvalue weighted by molar-refractivity contribution is 7.80. The lowest BCUT2D eigenvalue weighted by Gasteiger charge is -2.29. The van der Waals surface area contributed by atoms with Gasteiger partial charge in [0.05, 0.1) is 0 Å². The molecular weight excluding hydrogens is 240 g/mol. The Hall–Kier alpha value is -1.09. The van der Waals surface area contributed by atoms with Gasteiger partial charge in [-0.1, -0.05) is 38.4 Å². The van der Waals surface area contributed by atoms with E-state index >= 15 is 0 Å². The first-order valence-corrected chi connectivity index (χ1v) is 7.26. The third-order valence-corrected chi connectivity index (χ3v) is 4.14. The number of anilines is 1. The molecule has 0 bridgehead atoms. The topological polar surface area (TPSA) is 38.0 Å². The van der Waals surface area contributed by atoms with Gasteiger partial charge in [0.25, 0.3) is 0 Å². The van der Waals surface area contributed by atoms with Gasteiger partial charge in [0.2, 0.25) is 0 Å². The number of hydrogen-bond acceptors (Lipinski definition) is 2. The largest absolute Gasteiger partial charge is 0.389 e. The minimum absolute atomic E-state index is 0.463. The summed E-state index contributed by atoms with van der Waals surface area (Å²) in [4.78, 5) is 0.463. The fraction of sp³-hybridized carbons (Fsp3) is 0.533. The van der Waals surface area contributed by atoms with Crippen molar-refractivity contribution in [3.8, 4) is 0 Å². The molecule has 0 radical (unpaired) electrons. The Labute approximate surface area is 115 Å². The molecule has 3 N–H and O–H groups in total. The summed E-state index contributed by atoms with van der Waals surface area (Å²) in [5.41, 5.74) is 7.71. The molecular formula is C15H22N2S. The second-order valence-electron chi connectivity index (χ2n) is 5.22. The first-order valence-electron chi connectivity index (χ1n) is 6.85. The average molecular weight is 262 g/mol. The van der Waals surface area contributed by atoms with Crippen LogP contribution in [-0.4, -0.2) is 11.0 Å². The molecule has 0 saturated heterocycles. The number of thiocarbonyl (C=S) groups is 1. The van der Waals surface area contributed by atoms with Crippen molar-refractivity contribution in [3.63, 3.8) is 0 Å². The normalized spacial score (nSPS) is 23.6. The van der Waals surface area contributed by atoms with Gasteiger partial charge in [0.15, 0.2) is 0 Å². The molecule has 1 saturated carbocycles.